The monoisotopic (exact) mass is 384 g/mol. The summed E-state index contributed by atoms with van der Waals surface area (Å²) >= 11 is 6.82. The molecule has 0 saturated carbocycles. The van der Waals surface area contributed by atoms with E-state index in [0.29, 0.717) is 16.0 Å². The van der Waals surface area contributed by atoms with Gasteiger partial charge in [-0.25, -0.2) is 18.6 Å². The highest BCUT2D eigenvalue weighted by molar-refractivity contribution is 7.22. The number of carboxylic acid groups (broad SMARTS) is 1. The van der Waals surface area contributed by atoms with Crippen molar-refractivity contribution in [1.82, 2.24) is 4.98 Å². The molecule has 2 aromatic carbocycles. The molecule has 5 nitrogen and oxygen atoms in total. The van der Waals surface area contributed by atoms with Crippen LogP contribution in [0.25, 0.3) is 10.2 Å². The number of rotatable bonds is 4. The molecule has 1 atom stereocenters. The van der Waals surface area contributed by atoms with Gasteiger partial charge in [0.25, 0.3) is 0 Å². The van der Waals surface area contributed by atoms with Crippen LogP contribution in [0, 0.1) is 11.6 Å². The predicted molar refractivity (Wildman–Crippen MR) is 91.7 cm³/mol. The zero-order valence-corrected chi connectivity index (χ0v) is 14.3. The van der Waals surface area contributed by atoms with E-state index in [9.17, 15) is 13.6 Å². The summed E-state index contributed by atoms with van der Waals surface area (Å²) in [6.45, 7) is 1.51. The van der Waals surface area contributed by atoms with Crippen molar-refractivity contribution in [3.8, 4) is 5.75 Å². The Morgan fingerprint density at radius 1 is 1.36 bits per heavy atom. The number of hydrogen-bond acceptors (Lipinski definition) is 4. The molecule has 0 spiro atoms. The Morgan fingerprint density at radius 3 is 2.84 bits per heavy atom. The van der Waals surface area contributed by atoms with Crippen LogP contribution in [0.1, 0.15) is 18.6 Å². The van der Waals surface area contributed by atoms with Crippen LogP contribution < -0.4 is 10.1 Å². The Morgan fingerprint density at radius 2 is 2.12 bits per heavy atom. The van der Waals surface area contributed by atoms with E-state index >= 15 is 0 Å². The van der Waals surface area contributed by atoms with Crippen molar-refractivity contribution in [1.29, 1.82) is 0 Å². The van der Waals surface area contributed by atoms with Crippen LogP contribution in [0.4, 0.5) is 18.7 Å². The van der Waals surface area contributed by atoms with Gasteiger partial charge in [0.1, 0.15) is 17.7 Å². The molecule has 0 aliphatic heterocycles. The normalized spacial score (nSPS) is 12.2. The van der Waals surface area contributed by atoms with Crippen molar-refractivity contribution >= 4 is 44.4 Å². The van der Waals surface area contributed by atoms with Gasteiger partial charge < -0.3 is 9.84 Å². The van der Waals surface area contributed by atoms with Crippen molar-refractivity contribution < 1.29 is 23.4 Å². The fourth-order valence-corrected chi connectivity index (χ4v) is 3.35. The first-order chi connectivity index (χ1) is 11.8. The number of nitrogens with one attached hydrogen (secondary N) is 1. The highest BCUT2D eigenvalue weighted by Crippen LogP contribution is 2.33. The second kappa shape index (κ2) is 6.81. The van der Waals surface area contributed by atoms with E-state index < -0.39 is 23.8 Å². The quantitative estimate of drug-likeness (QED) is 0.586. The van der Waals surface area contributed by atoms with Crippen LogP contribution >= 0.6 is 22.9 Å². The predicted octanol–water partition coefficient (Wildman–Crippen LogP) is 5.46. The first-order valence-corrected chi connectivity index (χ1v) is 8.25. The highest BCUT2D eigenvalue weighted by Gasteiger charge is 2.20. The molecule has 0 saturated heterocycles. The number of thiazole rings is 1. The van der Waals surface area contributed by atoms with Gasteiger partial charge in [-0.05, 0) is 37.3 Å². The Balaban J connectivity index is 1.87. The maximum atomic E-state index is 14.1. The summed E-state index contributed by atoms with van der Waals surface area (Å²) in [6, 6.07) is 7.06. The average molecular weight is 385 g/mol. The summed E-state index contributed by atoms with van der Waals surface area (Å²) in [4.78, 5) is 14.8. The lowest BCUT2D eigenvalue weighted by Crippen LogP contribution is -2.08. The number of aromatic nitrogens is 1. The van der Waals surface area contributed by atoms with Gasteiger partial charge in [0.05, 0.1) is 20.8 Å². The third kappa shape index (κ3) is 3.64. The molecular weight excluding hydrogens is 374 g/mol. The topological polar surface area (TPSA) is 71.5 Å². The van der Waals surface area contributed by atoms with E-state index in [2.05, 4.69) is 10.3 Å². The van der Waals surface area contributed by atoms with Crippen molar-refractivity contribution in [2.75, 3.05) is 5.32 Å². The Hall–Kier alpha value is -2.45. The molecule has 0 aliphatic rings. The maximum Gasteiger partial charge on any atom is 0.410 e. The zero-order chi connectivity index (χ0) is 18.1. The maximum absolute atomic E-state index is 14.1. The summed E-state index contributed by atoms with van der Waals surface area (Å²) < 4.78 is 34.3. The zero-order valence-electron chi connectivity index (χ0n) is 12.7. The molecule has 25 heavy (non-hydrogen) atoms. The van der Waals surface area contributed by atoms with Gasteiger partial charge in [0.15, 0.2) is 10.9 Å². The third-order valence-corrected chi connectivity index (χ3v) is 4.60. The van der Waals surface area contributed by atoms with E-state index in [-0.39, 0.29) is 15.7 Å². The summed E-state index contributed by atoms with van der Waals surface area (Å²) in [6.07, 6.45) is -2.13. The molecule has 3 aromatic rings. The fraction of sp³-hybridized carbons (Fsp3) is 0.125. The molecule has 1 amide bonds. The molecule has 1 aromatic heterocycles. The van der Waals surface area contributed by atoms with Crippen LogP contribution in [0.2, 0.25) is 5.02 Å². The largest absolute Gasteiger partial charge is 0.486 e. The van der Waals surface area contributed by atoms with Gasteiger partial charge in [0, 0.05) is 0 Å². The number of ether oxygens (including phenoxy) is 1. The van der Waals surface area contributed by atoms with E-state index in [1.807, 2.05) is 0 Å². The SMILES string of the molecule is CC(Oc1ccc2nc(NC(=O)O)sc2c1)c1c(F)ccc(Cl)c1F. The van der Waals surface area contributed by atoms with Crippen molar-refractivity contribution in [2.45, 2.75) is 13.0 Å². The number of amides is 1. The van der Waals surface area contributed by atoms with Crippen LogP contribution in [0.15, 0.2) is 30.3 Å². The standard InChI is InChI=1S/C16H11ClF2N2O3S/c1-7(13-10(18)4-3-9(17)14(13)19)24-8-2-5-11-12(6-8)25-15(20-11)21-16(22)23/h2-7H,1H3,(H,20,21)(H,22,23). The minimum absolute atomic E-state index is 0.186. The molecule has 9 heteroatoms. The molecule has 0 radical (unpaired) electrons. The van der Waals surface area contributed by atoms with Crippen molar-refractivity contribution in [3.63, 3.8) is 0 Å². The Bertz CT molecular complexity index is 964. The molecular formula is C16H11ClF2N2O3S. The third-order valence-electron chi connectivity index (χ3n) is 3.37. The van der Waals surface area contributed by atoms with Gasteiger partial charge in [0.2, 0.25) is 0 Å². The summed E-state index contributed by atoms with van der Waals surface area (Å²) in [5, 5.41) is 10.9. The summed E-state index contributed by atoms with van der Waals surface area (Å²) in [5.74, 6) is -1.24. The minimum Gasteiger partial charge on any atom is -0.486 e. The van der Waals surface area contributed by atoms with Gasteiger partial charge in [-0.15, -0.1) is 0 Å². The number of benzene rings is 2. The lowest BCUT2D eigenvalue weighted by molar-refractivity contribution is 0.209. The van der Waals surface area contributed by atoms with Gasteiger partial charge in [-0.3, -0.25) is 5.32 Å². The van der Waals surface area contributed by atoms with Crippen LogP contribution in [-0.2, 0) is 0 Å². The number of hydrogen-bond donors (Lipinski definition) is 2. The fourth-order valence-electron chi connectivity index (χ4n) is 2.30. The number of fused-ring (bicyclic) bond motifs is 1. The number of nitrogens with zero attached hydrogens (tertiary/aromatic N) is 1. The number of carbonyl (C=O) groups is 1. The van der Waals surface area contributed by atoms with Crippen LogP contribution in [0.5, 0.6) is 5.75 Å². The second-order valence-corrected chi connectivity index (χ2v) is 6.53. The first-order valence-electron chi connectivity index (χ1n) is 7.05. The number of halogens is 3. The Kier molecular flexibility index (Phi) is 4.73. The van der Waals surface area contributed by atoms with Crippen LogP contribution in [0.3, 0.4) is 0 Å². The van der Waals surface area contributed by atoms with Crippen molar-refractivity contribution in [2.24, 2.45) is 0 Å². The van der Waals surface area contributed by atoms with E-state index in [1.54, 1.807) is 18.2 Å². The lowest BCUT2D eigenvalue weighted by atomic mass is 10.1. The molecule has 1 heterocycles. The average Bonchev–Trinajstić information content (AvgIpc) is 2.92. The second-order valence-electron chi connectivity index (χ2n) is 5.10. The summed E-state index contributed by atoms with van der Waals surface area (Å²) in [5.41, 5.74) is 0.319. The molecule has 0 aliphatic carbocycles. The molecule has 1 unspecified atom stereocenters. The van der Waals surface area contributed by atoms with Crippen molar-refractivity contribution in [3.05, 3.63) is 52.6 Å². The highest BCUT2D eigenvalue weighted by atomic mass is 35.5. The van der Waals surface area contributed by atoms with Gasteiger partial charge in [-0.1, -0.05) is 22.9 Å². The molecule has 130 valence electrons. The van der Waals surface area contributed by atoms with E-state index in [4.69, 9.17) is 21.4 Å². The van der Waals surface area contributed by atoms with Gasteiger partial charge in [-0.2, -0.15) is 0 Å². The first kappa shape index (κ1) is 17.4. The molecule has 3 rings (SSSR count). The lowest BCUT2D eigenvalue weighted by Gasteiger charge is -2.17. The van der Waals surface area contributed by atoms with Gasteiger partial charge >= 0.3 is 6.09 Å². The molecule has 2 N–H and O–H groups in total. The number of anilines is 1. The van der Waals surface area contributed by atoms with Crippen LogP contribution in [-0.4, -0.2) is 16.2 Å². The minimum atomic E-state index is -1.21. The molecule has 0 bridgehead atoms. The Labute approximate surface area is 149 Å². The smallest absolute Gasteiger partial charge is 0.410 e. The van der Waals surface area contributed by atoms with E-state index in [1.165, 1.54) is 6.92 Å². The summed E-state index contributed by atoms with van der Waals surface area (Å²) in [7, 11) is 0. The van der Waals surface area contributed by atoms with E-state index in [0.717, 1.165) is 23.5 Å². The molecule has 0 fully saturated rings.